The van der Waals surface area contributed by atoms with Gasteiger partial charge in [0, 0.05) is 48.4 Å². The summed E-state index contributed by atoms with van der Waals surface area (Å²) in [6, 6.07) is 11.6. The Kier molecular flexibility index (Phi) is 7.65. The quantitative estimate of drug-likeness (QED) is 0.359. The maximum Gasteiger partial charge on any atom is 0.124 e. The lowest BCUT2D eigenvalue weighted by Gasteiger charge is -2.24. The second-order valence-corrected chi connectivity index (χ2v) is 10.1. The van der Waals surface area contributed by atoms with Crippen LogP contribution in [0.5, 0.6) is 11.5 Å². The lowest BCUT2D eigenvalue weighted by atomic mass is 9.89. The van der Waals surface area contributed by atoms with E-state index < -0.39 is 6.10 Å². The van der Waals surface area contributed by atoms with Crippen LogP contribution in [0, 0.1) is 17.3 Å². The van der Waals surface area contributed by atoms with E-state index in [0.717, 1.165) is 33.7 Å². The third kappa shape index (κ3) is 6.57. The van der Waals surface area contributed by atoms with Crippen LogP contribution < -0.4 is 14.4 Å². The maximum atomic E-state index is 10.4. The van der Waals surface area contributed by atoms with Crippen molar-refractivity contribution < 1.29 is 14.6 Å². The van der Waals surface area contributed by atoms with Crippen molar-refractivity contribution >= 4 is 22.4 Å². The van der Waals surface area contributed by atoms with Gasteiger partial charge in [-0.25, -0.2) is 4.98 Å². The van der Waals surface area contributed by atoms with Crippen molar-refractivity contribution in [1.82, 2.24) is 19.7 Å². The van der Waals surface area contributed by atoms with Crippen LogP contribution in [0.2, 0.25) is 0 Å². The third-order valence-electron chi connectivity index (χ3n) is 5.80. The van der Waals surface area contributed by atoms with Gasteiger partial charge in [-0.15, -0.1) is 0 Å². The van der Waals surface area contributed by atoms with Gasteiger partial charge in [0.25, 0.3) is 0 Å². The van der Waals surface area contributed by atoms with E-state index in [0.29, 0.717) is 24.5 Å². The molecule has 0 fully saturated rings. The first kappa shape index (κ1) is 26.0. The predicted molar refractivity (Wildman–Crippen MR) is 146 cm³/mol. The van der Waals surface area contributed by atoms with Crippen LogP contribution in [0.1, 0.15) is 27.2 Å². The Balaban J connectivity index is 1.75. The number of aliphatic hydroxyl groups excluding tert-OH is 1. The predicted octanol–water partition coefficient (Wildman–Crippen LogP) is 4.99. The number of hydrogen-bond acceptors (Lipinski definition) is 7. The minimum Gasteiger partial charge on any atom is -0.497 e. The molecule has 4 aromatic rings. The molecule has 2 heterocycles. The molecule has 37 heavy (non-hydrogen) atoms. The number of ether oxygens (including phenoxy) is 2. The van der Waals surface area contributed by atoms with Crippen molar-refractivity contribution in [2.45, 2.75) is 33.3 Å². The molecule has 0 aliphatic rings. The number of fused-ring (bicyclic) bond motifs is 1. The molecule has 0 radical (unpaired) electrons. The number of anilines is 2. The summed E-state index contributed by atoms with van der Waals surface area (Å²) >= 11 is 0. The van der Waals surface area contributed by atoms with Crippen molar-refractivity contribution in [1.29, 1.82) is 0 Å². The summed E-state index contributed by atoms with van der Waals surface area (Å²) in [5, 5.41) is 14.7. The van der Waals surface area contributed by atoms with Crippen molar-refractivity contribution in [3.8, 4) is 34.6 Å². The lowest BCUT2D eigenvalue weighted by molar-refractivity contribution is 0.169. The van der Waals surface area contributed by atoms with Crippen LogP contribution in [-0.4, -0.2) is 51.7 Å². The zero-order valence-corrected chi connectivity index (χ0v) is 22.2. The Morgan fingerprint density at radius 2 is 1.73 bits per heavy atom. The highest BCUT2D eigenvalue weighted by Crippen LogP contribution is 2.34. The topological polar surface area (TPSA) is 85.5 Å². The van der Waals surface area contributed by atoms with Gasteiger partial charge in [-0.3, -0.25) is 9.67 Å². The average Bonchev–Trinajstić information content (AvgIpc) is 3.30. The standard InChI is InChI=1S/C29H33N5O3/c1-29(2,3)16-23(35)8-7-11-34(22-12-24(36-5)15-25(13-22)37-6)21-9-10-26-27(14-21)32-28(18-30-26)20-17-31-33(4)19-20/h9-10,12-15,17-19,23,35H,11,16H2,1-6H3. The molecule has 192 valence electrons. The zero-order chi connectivity index (χ0) is 26.6. The van der Waals surface area contributed by atoms with E-state index in [4.69, 9.17) is 14.5 Å². The first-order chi connectivity index (χ1) is 17.6. The van der Waals surface area contributed by atoms with Gasteiger partial charge in [-0.2, -0.15) is 5.10 Å². The Labute approximate surface area is 217 Å². The average molecular weight is 500 g/mol. The molecule has 0 saturated heterocycles. The zero-order valence-electron chi connectivity index (χ0n) is 22.2. The summed E-state index contributed by atoms with van der Waals surface area (Å²) in [6.45, 7) is 6.60. The number of hydrogen-bond donors (Lipinski definition) is 1. The number of nitrogens with zero attached hydrogens (tertiary/aromatic N) is 5. The minimum atomic E-state index is -0.703. The summed E-state index contributed by atoms with van der Waals surface area (Å²) in [5.41, 5.74) is 4.88. The molecular formula is C29H33N5O3. The van der Waals surface area contributed by atoms with Gasteiger partial charge in [0.15, 0.2) is 0 Å². The number of aliphatic hydroxyl groups is 1. The lowest BCUT2D eigenvalue weighted by Crippen LogP contribution is -2.19. The fourth-order valence-corrected chi connectivity index (χ4v) is 4.01. The molecule has 2 aromatic carbocycles. The molecule has 8 nitrogen and oxygen atoms in total. The highest BCUT2D eigenvalue weighted by Gasteiger charge is 2.16. The van der Waals surface area contributed by atoms with Gasteiger partial charge in [0.2, 0.25) is 0 Å². The second-order valence-electron chi connectivity index (χ2n) is 10.1. The molecule has 1 N–H and O–H groups in total. The number of methoxy groups -OCH3 is 2. The summed E-state index contributed by atoms with van der Waals surface area (Å²) in [4.78, 5) is 11.5. The fraction of sp³-hybridized carbons (Fsp3) is 0.345. The van der Waals surface area contributed by atoms with Gasteiger partial charge in [-0.05, 0) is 30.0 Å². The van der Waals surface area contributed by atoms with Crippen LogP contribution in [0.3, 0.4) is 0 Å². The normalized spacial score (nSPS) is 12.1. The smallest absolute Gasteiger partial charge is 0.124 e. The van der Waals surface area contributed by atoms with Gasteiger partial charge in [0.1, 0.15) is 17.6 Å². The van der Waals surface area contributed by atoms with E-state index in [1.165, 1.54) is 0 Å². The van der Waals surface area contributed by atoms with E-state index in [9.17, 15) is 5.11 Å². The second kappa shape index (κ2) is 10.9. The SMILES string of the molecule is COc1cc(OC)cc(N(CC#CC(O)CC(C)(C)C)c2ccc3ncc(-c4cnn(C)c4)nc3c2)c1. The van der Waals surface area contributed by atoms with E-state index >= 15 is 0 Å². The molecule has 0 saturated carbocycles. The number of aryl methyl sites for hydroxylation is 1. The van der Waals surface area contributed by atoms with E-state index in [2.05, 4.69) is 42.7 Å². The molecule has 0 amide bonds. The molecule has 0 aliphatic carbocycles. The molecule has 8 heteroatoms. The monoisotopic (exact) mass is 499 g/mol. The number of aromatic nitrogens is 4. The Hall–Kier alpha value is -4.09. The van der Waals surface area contributed by atoms with Gasteiger partial charge >= 0.3 is 0 Å². The highest BCUT2D eigenvalue weighted by molar-refractivity contribution is 5.83. The molecule has 0 aliphatic heterocycles. The Morgan fingerprint density at radius 1 is 1.00 bits per heavy atom. The Morgan fingerprint density at radius 3 is 2.35 bits per heavy atom. The maximum absolute atomic E-state index is 10.4. The third-order valence-corrected chi connectivity index (χ3v) is 5.80. The summed E-state index contributed by atoms with van der Waals surface area (Å²) in [6.07, 6.45) is 5.33. The number of benzene rings is 2. The Bertz CT molecular complexity index is 1420. The van der Waals surface area contributed by atoms with Crippen molar-refractivity contribution in [3.05, 3.63) is 55.0 Å². The van der Waals surface area contributed by atoms with Gasteiger partial charge < -0.3 is 19.5 Å². The number of rotatable bonds is 7. The molecule has 1 unspecified atom stereocenters. The molecule has 0 spiro atoms. The summed E-state index contributed by atoms with van der Waals surface area (Å²) < 4.78 is 12.7. The minimum absolute atomic E-state index is 0.0169. The van der Waals surface area contributed by atoms with Gasteiger partial charge in [-0.1, -0.05) is 32.6 Å². The largest absolute Gasteiger partial charge is 0.497 e. The van der Waals surface area contributed by atoms with E-state index in [-0.39, 0.29) is 5.41 Å². The van der Waals surface area contributed by atoms with Crippen molar-refractivity contribution in [3.63, 3.8) is 0 Å². The molecule has 0 bridgehead atoms. The van der Waals surface area contributed by atoms with Crippen LogP contribution in [-0.2, 0) is 7.05 Å². The summed E-state index contributed by atoms with van der Waals surface area (Å²) in [7, 11) is 5.12. The van der Waals surface area contributed by atoms with Gasteiger partial charge in [0.05, 0.1) is 49.9 Å². The van der Waals surface area contributed by atoms with Crippen LogP contribution in [0.25, 0.3) is 22.3 Å². The van der Waals surface area contributed by atoms with Crippen LogP contribution in [0.15, 0.2) is 55.0 Å². The van der Waals surface area contributed by atoms with Crippen LogP contribution in [0.4, 0.5) is 11.4 Å². The fourth-order valence-electron chi connectivity index (χ4n) is 4.01. The van der Waals surface area contributed by atoms with Crippen LogP contribution >= 0.6 is 0 Å². The summed E-state index contributed by atoms with van der Waals surface area (Å²) in [5.74, 6) is 7.50. The first-order valence-corrected chi connectivity index (χ1v) is 12.1. The highest BCUT2D eigenvalue weighted by atomic mass is 16.5. The molecular weight excluding hydrogens is 466 g/mol. The first-order valence-electron chi connectivity index (χ1n) is 12.1. The van der Waals surface area contributed by atoms with E-state index in [1.54, 1.807) is 31.3 Å². The van der Waals surface area contributed by atoms with Crippen molar-refractivity contribution in [2.75, 3.05) is 25.7 Å². The molecule has 1 atom stereocenters. The van der Waals surface area contributed by atoms with E-state index in [1.807, 2.05) is 54.5 Å². The molecule has 2 aromatic heterocycles. The van der Waals surface area contributed by atoms with Crippen molar-refractivity contribution in [2.24, 2.45) is 12.5 Å². The molecule has 4 rings (SSSR count).